The number of halogens is 2. The van der Waals surface area contributed by atoms with Gasteiger partial charge in [0.15, 0.2) is 6.20 Å². The van der Waals surface area contributed by atoms with Gasteiger partial charge in [-0.1, -0.05) is 65.0 Å². The highest BCUT2D eigenvalue weighted by Gasteiger charge is 2.28. The Morgan fingerprint density at radius 2 is 1.94 bits per heavy atom. The molecule has 0 radical (unpaired) electrons. The van der Waals surface area contributed by atoms with Gasteiger partial charge in [0, 0.05) is 36.0 Å². The summed E-state index contributed by atoms with van der Waals surface area (Å²) in [6.45, 7) is 4.45. The topological polar surface area (TPSA) is 46.2 Å². The Balaban J connectivity index is 0.00000304. The van der Waals surface area contributed by atoms with E-state index in [-0.39, 0.29) is 29.8 Å². The predicted octanol–water partition coefficient (Wildman–Crippen LogP) is 1.52. The Labute approximate surface area is 232 Å². The van der Waals surface area contributed by atoms with Crippen LogP contribution in [0.25, 0.3) is 11.1 Å². The van der Waals surface area contributed by atoms with Crippen LogP contribution in [-0.4, -0.2) is 17.4 Å². The number of ketones is 1. The molecule has 1 aliphatic heterocycles. The molecule has 0 N–H and O–H groups in total. The summed E-state index contributed by atoms with van der Waals surface area (Å²) in [4.78, 5) is 29.6. The first kappa shape index (κ1) is 26.7. The van der Waals surface area contributed by atoms with E-state index in [9.17, 15) is 9.59 Å². The van der Waals surface area contributed by atoms with Gasteiger partial charge in [0.05, 0.1) is 17.1 Å². The lowest BCUT2D eigenvalue weighted by Crippen LogP contribution is -3.00. The third-order valence-corrected chi connectivity index (χ3v) is 9.51. The third kappa shape index (κ3) is 4.80. The molecule has 1 aliphatic rings. The second kappa shape index (κ2) is 10.9. The summed E-state index contributed by atoms with van der Waals surface area (Å²) < 4.78 is 5.34. The number of carbonyl (C=O) groups is 1. The number of hydrogen-bond donors (Lipinski definition) is 0. The normalized spacial score (nSPS) is 15.6. The molecule has 10 heteroatoms. The van der Waals surface area contributed by atoms with Crippen molar-refractivity contribution in [1.82, 2.24) is 4.57 Å². The van der Waals surface area contributed by atoms with Gasteiger partial charge in [-0.15, -0.1) is 11.3 Å². The van der Waals surface area contributed by atoms with Gasteiger partial charge in [-0.2, -0.15) is 4.57 Å². The van der Waals surface area contributed by atoms with Crippen molar-refractivity contribution >= 4 is 68.6 Å². The number of carbonyl (C=O) groups excluding carboxylic acids is 1. The minimum Gasteiger partial charge on any atom is -1.00 e. The van der Waals surface area contributed by atoms with Crippen LogP contribution in [0.5, 0.6) is 0 Å². The Hall–Kier alpha value is -2.36. The summed E-state index contributed by atoms with van der Waals surface area (Å²) >= 11 is 10.8. The number of nitrogens with zero attached hydrogens (tertiary/aromatic N) is 3. The summed E-state index contributed by atoms with van der Waals surface area (Å²) in [6, 6.07) is 14.8. The quantitative estimate of drug-likeness (QED) is 0.267. The lowest BCUT2D eigenvalue weighted by Gasteiger charge is -2.12. The fraction of sp³-hybridized carbons (Fsp3) is 0.192. The zero-order valence-electron chi connectivity index (χ0n) is 19.8. The van der Waals surface area contributed by atoms with Crippen LogP contribution in [0.1, 0.15) is 35.3 Å². The van der Waals surface area contributed by atoms with Gasteiger partial charge in [-0.25, -0.2) is 0 Å². The van der Waals surface area contributed by atoms with E-state index in [4.69, 9.17) is 11.6 Å². The molecule has 1 unspecified atom stereocenters. The van der Waals surface area contributed by atoms with Crippen molar-refractivity contribution in [3.05, 3.63) is 95.3 Å². The van der Waals surface area contributed by atoms with E-state index in [2.05, 4.69) is 4.90 Å². The van der Waals surface area contributed by atoms with Crippen molar-refractivity contribution < 1.29 is 21.8 Å². The first-order chi connectivity index (χ1) is 16.9. The molecule has 1 atom stereocenters. The number of anilines is 1. The molecule has 186 valence electrons. The second-order valence-corrected chi connectivity index (χ2v) is 11.5. The van der Waals surface area contributed by atoms with E-state index in [1.807, 2.05) is 91.6 Å². The number of hydrogen-bond acceptors (Lipinski definition) is 6. The molecule has 3 heterocycles. The Bertz CT molecular complexity index is 1610. The van der Waals surface area contributed by atoms with E-state index in [1.54, 1.807) is 27.7 Å². The van der Waals surface area contributed by atoms with Crippen LogP contribution in [-0.2, 0) is 6.54 Å². The zero-order chi connectivity index (χ0) is 24.7. The van der Waals surface area contributed by atoms with E-state index in [1.165, 1.54) is 11.3 Å². The fourth-order valence-electron chi connectivity index (χ4n) is 4.10. The number of Topliss-reactive ketones (excluding diaryl/α,β-unsaturated/α-hetero) is 1. The minimum absolute atomic E-state index is 0. The van der Waals surface area contributed by atoms with E-state index in [0.29, 0.717) is 21.7 Å². The average molecular weight is 577 g/mol. The van der Waals surface area contributed by atoms with Crippen LogP contribution >= 0.6 is 46.0 Å². The van der Waals surface area contributed by atoms with Crippen molar-refractivity contribution in [3.8, 4) is 0 Å². The maximum Gasteiger partial charge on any atom is 0.271 e. The largest absolute Gasteiger partial charge is 1.00 e. The lowest BCUT2D eigenvalue weighted by atomic mass is 10.1. The van der Waals surface area contributed by atoms with Crippen molar-refractivity contribution in [2.45, 2.75) is 31.3 Å². The molecule has 0 saturated carbocycles. The summed E-state index contributed by atoms with van der Waals surface area (Å²) in [5.74, 6) is 0.0550. The number of aromatic nitrogens is 2. The number of thioether (sulfide) groups is 1. The van der Waals surface area contributed by atoms with Crippen LogP contribution in [0.3, 0.4) is 0 Å². The number of thiazole rings is 2. The van der Waals surface area contributed by atoms with Gasteiger partial charge < -0.3 is 17.3 Å². The van der Waals surface area contributed by atoms with Gasteiger partial charge in [0.1, 0.15) is 14.2 Å². The SMILES string of the molecule is CCn1c(=O)/c(=C2\Sc3cc(Cl)ccc3N2C)s/c1=C\c1scc[n+]1C(C)C(=O)c1ccccc1.[Cl-]. The molecule has 0 aliphatic carbocycles. The molecule has 0 amide bonds. The summed E-state index contributed by atoms with van der Waals surface area (Å²) in [7, 11) is 1.98. The van der Waals surface area contributed by atoms with Crippen molar-refractivity contribution in [2.24, 2.45) is 0 Å². The van der Waals surface area contributed by atoms with Crippen LogP contribution in [0.2, 0.25) is 5.02 Å². The molecular formula is C26H23Cl2N3O2S3. The number of fused-ring (bicyclic) bond motifs is 1. The summed E-state index contributed by atoms with van der Waals surface area (Å²) in [5.41, 5.74) is 1.72. The highest BCUT2D eigenvalue weighted by Crippen LogP contribution is 2.46. The Morgan fingerprint density at radius 1 is 1.19 bits per heavy atom. The molecule has 0 bridgehead atoms. The second-order valence-electron chi connectivity index (χ2n) is 8.10. The van der Waals surface area contributed by atoms with Crippen LogP contribution < -0.4 is 36.6 Å². The van der Waals surface area contributed by atoms with Crippen molar-refractivity contribution in [3.63, 3.8) is 0 Å². The molecule has 36 heavy (non-hydrogen) atoms. The summed E-state index contributed by atoms with van der Waals surface area (Å²) in [6.07, 6.45) is 3.95. The molecule has 0 spiro atoms. The minimum atomic E-state index is -0.360. The molecule has 5 nitrogen and oxygen atoms in total. The maximum absolute atomic E-state index is 13.4. The standard InChI is InChI=1S/C26H23ClN3O2S3.ClH/c1-4-29-22(15-21-30(12-13-33-21)16(2)23(31)17-8-6-5-7-9-17)35-24(25(29)32)26-28(3)19-11-10-18(27)14-20(19)34-26;/h5-16H,4H2,1-3H3;1H/q+1;/p-1/b26-24+;. The van der Waals surface area contributed by atoms with Crippen molar-refractivity contribution in [1.29, 1.82) is 0 Å². The van der Waals surface area contributed by atoms with E-state index < -0.39 is 0 Å². The maximum atomic E-state index is 13.4. The first-order valence-corrected chi connectivity index (χ1v) is 14.0. The Kier molecular flexibility index (Phi) is 8.12. The average Bonchev–Trinajstić information content (AvgIpc) is 3.54. The number of benzene rings is 2. The van der Waals surface area contributed by atoms with Gasteiger partial charge in [-0.3, -0.25) is 14.2 Å². The van der Waals surface area contributed by atoms with E-state index >= 15 is 0 Å². The molecule has 4 aromatic rings. The first-order valence-electron chi connectivity index (χ1n) is 11.1. The lowest BCUT2D eigenvalue weighted by molar-refractivity contribution is -0.701. The molecule has 2 aromatic heterocycles. The van der Waals surface area contributed by atoms with Crippen LogP contribution in [0.15, 0.2) is 69.8 Å². The molecule has 5 rings (SSSR count). The highest BCUT2D eigenvalue weighted by atomic mass is 35.5. The van der Waals surface area contributed by atoms with Gasteiger partial charge in [0.25, 0.3) is 10.6 Å². The fourth-order valence-corrected chi connectivity index (χ4v) is 7.76. The van der Waals surface area contributed by atoms with Gasteiger partial charge in [0.2, 0.25) is 11.8 Å². The third-order valence-electron chi connectivity index (χ3n) is 5.98. The highest BCUT2D eigenvalue weighted by molar-refractivity contribution is 8.08. The number of rotatable bonds is 5. The molecule has 0 saturated heterocycles. The smallest absolute Gasteiger partial charge is 0.271 e. The van der Waals surface area contributed by atoms with Crippen LogP contribution in [0.4, 0.5) is 5.69 Å². The van der Waals surface area contributed by atoms with Gasteiger partial charge in [-0.05, 0) is 25.1 Å². The van der Waals surface area contributed by atoms with Crippen molar-refractivity contribution in [2.75, 3.05) is 11.9 Å². The van der Waals surface area contributed by atoms with Gasteiger partial charge >= 0.3 is 0 Å². The molecular weight excluding hydrogens is 553 g/mol. The zero-order valence-corrected chi connectivity index (χ0v) is 23.7. The summed E-state index contributed by atoms with van der Waals surface area (Å²) in [5, 5.41) is 4.48. The molecule has 0 fully saturated rings. The molecule has 2 aromatic carbocycles. The predicted molar refractivity (Wildman–Crippen MR) is 146 cm³/mol. The Morgan fingerprint density at radius 3 is 2.67 bits per heavy atom. The monoisotopic (exact) mass is 575 g/mol. The van der Waals surface area contributed by atoms with E-state index in [0.717, 1.165) is 25.3 Å². The van der Waals surface area contributed by atoms with Crippen LogP contribution in [0, 0.1) is 0 Å².